The molecule has 2 aliphatic heterocycles. The van der Waals surface area contributed by atoms with Crippen LogP contribution in [0.25, 0.3) is 0 Å². The van der Waals surface area contributed by atoms with E-state index in [9.17, 15) is 28.5 Å². The maximum absolute atomic E-state index is 14.0. The van der Waals surface area contributed by atoms with Gasteiger partial charge in [-0.2, -0.15) is 0 Å². The lowest BCUT2D eigenvalue weighted by atomic mass is 9.80. The van der Waals surface area contributed by atoms with Gasteiger partial charge in [0.2, 0.25) is 0 Å². The van der Waals surface area contributed by atoms with Crippen LogP contribution >= 0.6 is 0 Å². The normalized spacial score (nSPS) is 19.9. The van der Waals surface area contributed by atoms with Crippen molar-refractivity contribution in [2.45, 2.75) is 51.0 Å². The zero-order valence-electron chi connectivity index (χ0n) is 26.7. The molecule has 5 rings (SSSR count). The van der Waals surface area contributed by atoms with Crippen LogP contribution in [0.3, 0.4) is 0 Å². The molecular formula is C36H37F2N3O6. The Bertz CT molecular complexity index is 1690. The number of carbonyl (C=O) groups excluding carboxylic acids is 2. The number of esters is 2. The Hall–Kier alpha value is -4.90. The maximum Gasteiger partial charge on any atom is 0.337 e. The molecule has 2 heterocycles. The molecule has 11 heteroatoms. The number of hydrogen-bond acceptors (Lipinski definition) is 8. The van der Waals surface area contributed by atoms with Gasteiger partial charge in [-0.1, -0.05) is 36.4 Å². The number of carbonyl (C=O) groups is 2. The number of methoxy groups -OCH3 is 1. The first-order valence-electron chi connectivity index (χ1n) is 15.4. The minimum Gasteiger partial charge on any atom is -0.466 e. The molecule has 1 saturated heterocycles. The fraction of sp³-hybridized carbons (Fsp3) is 0.333. The van der Waals surface area contributed by atoms with Crippen LogP contribution in [0, 0.1) is 21.7 Å². The molecule has 3 aromatic carbocycles. The number of nitro groups is 1. The fourth-order valence-electron chi connectivity index (χ4n) is 6.60. The molecular weight excluding hydrogens is 608 g/mol. The molecule has 0 saturated carbocycles. The summed E-state index contributed by atoms with van der Waals surface area (Å²) in [5, 5.41) is 14.7. The fourth-order valence-corrected chi connectivity index (χ4v) is 6.60. The zero-order valence-corrected chi connectivity index (χ0v) is 26.7. The molecule has 3 aromatic rings. The standard InChI is InChI=1S/C36H37F2N3O6/c1-22-31(34(42)46-4)33(26-6-5-7-29(20-26)41(44)45)32(23(2)39-22)35(43)47-36(3)17-19-40(21-36)18-16-30(24-8-12-27(37)13-9-24)25-10-14-28(38)15-11-25/h5-15,20,30,33,39H,16-19,21H2,1-4H3/t33?,36-/m0/s1. The monoisotopic (exact) mass is 645 g/mol. The summed E-state index contributed by atoms with van der Waals surface area (Å²) in [6.07, 6.45) is 1.22. The molecule has 0 aromatic heterocycles. The molecule has 0 aliphatic carbocycles. The second-order valence-electron chi connectivity index (χ2n) is 12.3. The lowest BCUT2D eigenvalue weighted by Gasteiger charge is -2.33. The first-order valence-corrected chi connectivity index (χ1v) is 15.4. The number of non-ortho nitro benzene ring substituents is 1. The average molecular weight is 646 g/mol. The summed E-state index contributed by atoms with van der Waals surface area (Å²) in [4.78, 5) is 40.3. The Labute approximate surface area is 272 Å². The number of nitrogens with zero attached hydrogens (tertiary/aromatic N) is 2. The van der Waals surface area contributed by atoms with E-state index in [0.29, 0.717) is 49.4 Å². The number of dihydropyridines is 1. The van der Waals surface area contributed by atoms with Gasteiger partial charge in [-0.3, -0.25) is 15.0 Å². The van der Waals surface area contributed by atoms with Crippen LogP contribution in [0.5, 0.6) is 0 Å². The number of benzene rings is 3. The average Bonchev–Trinajstić information content (AvgIpc) is 3.41. The number of nitro benzene ring substituents is 1. The molecule has 0 bridgehead atoms. The highest BCUT2D eigenvalue weighted by Gasteiger charge is 2.43. The first-order chi connectivity index (χ1) is 22.4. The molecule has 2 atom stereocenters. The second-order valence-corrected chi connectivity index (χ2v) is 12.3. The van der Waals surface area contributed by atoms with Gasteiger partial charge in [-0.25, -0.2) is 18.4 Å². The predicted octanol–water partition coefficient (Wildman–Crippen LogP) is 6.51. The van der Waals surface area contributed by atoms with Gasteiger partial charge in [0.05, 0.1) is 29.1 Å². The van der Waals surface area contributed by atoms with E-state index in [0.717, 1.165) is 11.1 Å². The van der Waals surface area contributed by atoms with E-state index in [1.54, 1.807) is 44.2 Å². The van der Waals surface area contributed by atoms with Crippen LogP contribution in [-0.4, -0.2) is 54.1 Å². The molecule has 0 amide bonds. The van der Waals surface area contributed by atoms with Crippen molar-refractivity contribution in [1.29, 1.82) is 0 Å². The van der Waals surface area contributed by atoms with E-state index in [4.69, 9.17) is 9.47 Å². The van der Waals surface area contributed by atoms with Gasteiger partial charge in [0.15, 0.2) is 0 Å². The third kappa shape index (κ3) is 7.41. The topological polar surface area (TPSA) is 111 Å². The molecule has 47 heavy (non-hydrogen) atoms. The van der Waals surface area contributed by atoms with Crippen LogP contribution in [-0.2, 0) is 19.1 Å². The van der Waals surface area contributed by atoms with E-state index in [1.807, 2.05) is 6.92 Å². The number of hydrogen-bond donors (Lipinski definition) is 1. The van der Waals surface area contributed by atoms with Crippen LogP contribution < -0.4 is 5.32 Å². The van der Waals surface area contributed by atoms with Crippen molar-refractivity contribution < 1.29 is 32.8 Å². The zero-order chi connectivity index (χ0) is 33.9. The van der Waals surface area contributed by atoms with Crippen molar-refractivity contribution in [3.05, 3.63) is 134 Å². The Morgan fingerprint density at radius 1 is 0.979 bits per heavy atom. The van der Waals surface area contributed by atoms with Crippen molar-refractivity contribution in [3.63, 3.8) is 0 Å². The Morgan fingerprint density at radius 2 is 1.55 bits per heavy atom. The minimum absolute atomic E-state index is 0.103. The highest BCUT2D eigenvalue weighted by molar-refractivity contribution is 6.00. The molecule has 246 valence electrons. The molecule has 0 spiro atoms. The first kappa shape index (κ1) is 33.5. The third-order valence-electron chi connectivity index (χ3n) is 8.93. The molecule has 9 nitrogen and oxygen atoms in total. The lowest BCUT2D eigenvalue weighted by Crippen LogP contribution is -2.39. The summed E-state index contributed by atoms with van der Waals surface area (Å²) in [6, 6.07) is 18.5. The highest BCUT2D eigenvalue weighted by Crippen LogP contribution is 2.41. The Balaban J connectivity index is 1.35. The summed E-state index contributed by atoms with van der Waals surface area (Å²) in [5.74, 6) is -3.03. The summed E-state index contributed by atoms with van der Waals surface area (Å²) in [5.41, 5.74) is 2.45. The van der Waals surface area contributed by atoms with Gasteiger partial charge >= 0.3 is 11.9 Å². The lowest BCUT2D eigenvalue weighted by molar-refractivity contribution is -0.384. The number of halogens is 2. The van der Waals surface area contributed by atoms with E-state index in [1.165, 1.54) is 49.6 Å². The van der Waals surface area contributed by atoms with Crippen molar-refractivity contribution in [3.8, 4) is 0 Å². The van der Waals surface area contributed by atoms with Gasteiger partial charge in [0, 0.05) is 49.0 Å². The molecule has 0 radical (unpaired) electrons. The van der Waals surface area contributed by atoms with Crippen molar-refractivity contribution in [2.24, 2.45) is 0 Å². The summed E-state index contributed by atoms with van der Waals surface area (Å²) < 4.78 is 38.6. The van der Waals surface area contributed by atoms with Gasteiger partial charge in [0.1, 0.15) is 17.2 Å². The van der Waals surface area contributed by atoms with Crippen molar-refractivity contribution in [1.82, 2.24) is 10.2 Å². The number of likely N-dealkylation sites (tertiary alicyclic amines) is 1. The minimum atomic E-state index is -0.954. The molecule has 1 fully saturated rings. The predicted molar refractivity (Wildman–Crippen MR) is 171 cm³/mol. The van der Waals surface area contributed by atoms with E-state index < -0.39 is 28.4 Å². The highest BCUT2D eigenvalue weighted by atomic mass is 19.1. The Kier molecular flexibility index (Phi) is 9.85. The van der Waals surface area contributed by atoms with Crippen LogP contribution in [0.1, 0.15) is 62.1 Å². The number of rotatable bonds is 10. The molecule has 1 unspecified atom stereocenters. The smallest absolute Gasteiger partial charge is 0.337 e. The summed E-state index contributed by atoms with van der Waals surface area (Å²) in [6.45, 7) is 6.98. The van der Waals surface area contributed by atoms with Gasteiger partial charge < -0.3 is 14.8 Å². The summed E-state index contributed by atoms with van der Waals surface area (Å²) in [7, 11) is 1.24. The number of allylic oxidation sites excluding steroid dienone is 2. The quantitative estimate of drug-likeness (QED) is 0.151. The molecule has 1 N–H and O–H groups in total. The van der Waals surface area contributed by atoms with E-state index in [2.05, 4.69) is 10.2 Å². The van der Waals surface area contributed by atoms with Crippen molar-refractivity contribution >= 4 is 17.6 Å². The van der Waals surface area contributed by atoms with Gasteiger partial charge in [0.25, 0.3) is 5.69 Å². The SMILES string of the molecule is COC(=O)C1=C(C)NC(C)=C(C(=O)O[C@@]2(C)CCN(CCC(c3ccc(F)cc3)c3ccc(F)cc3)C2)C1c1cccc([N+](=O)[O-])c1. The van der Waals surface area contributed by atoms with Crippen LogP contribution in [0.2, 0.25) is 0 Å². The largest absolute Gasteiger partial charge is 0.466 e. The van der Waals surface area contributed by atoms with E-state index in [-0.39, 0.29) is 34.4 Å². The second kappa shape index (κ2) is 13.8. The number of nitrogens with one attached hydrogen (secondary N) is 1. The van der Waals surface area contributed by atoms with Crippen LogP contribution in [0.4, 0.5) is 14.5 Å². The van der Waals surface area contributed by atoms with Gasteiger partial charge in [-0.05, 0) is 74.7 Å². The molecule has 2 aliphatic rings. The summed E-state index contributed by atoms with van der Waals surface area (Å²) >= 11 is 0. The maximum atomic E-state index is 14.0. The van der Waals surface area contributed by atoms with E-state index >= 15 is 0 Å². The van der Waals surface area contributed by atoms with Gasteiger partial charge in [-0.15, -0.1) is 0 Å². The third-order valence-corrected chi connectivity index (χ3v) is 8.93. The van der Waals surface area contributed by atoms with Crippen molar-refractivity contribution in [2.75, 3.05) is 26.7 Å². The number of ether oxygens (including phenoxy) is 2. The van der Waals surface area contributed by atoms with Crippen LogP contribution in [0.15, 0.2) is 95.3 Å². The Morgan fingerprint density at radius 3 is 2.11 bits per heavy atom.